The molecule has 0 aromatic carbocycles. The predicted molar refractivity (Wildman–Crippen MR) is 73.0 cm³/mol. The molecule has 0 aliphatic carbocycles. The predicted octanol–water partition coefficient (Wildman–Crippen LogP) is 2.78. The molecular weight excluding hydrogens is 230 g/mol. The van der Waals surface area contributed by atoms with Gasteiger partial charge in [-0.2, -0.15) is 0 Å². The van der Waals surface area contributed by atoms with E-state index in [2.05, 4.69) is 42.1 Å². The van der Waals surface area contributed by atoms with Crippen LogP contribution >= 0.6 is 11.3 Å². The number of hydrogen-bond donors (Lipinski definition) is 1. The number of rotatable bonds is 1. The SMILES string of the molecule is CCNC1=NCc2c1sc1nc(C)cc(C)c21. The van der Waals surface area contributed by atoms with Crippen LogP contribution in [0.2, 0.25) is 0 Å². The molecule has 2 aromatic rings. The molecule has 0 fully saturated rings. The van der Waals surface area contributed by atoms with E-state index in [-0.39, 0.29) is 0 Å². The number of pyridine rings is 1. The van der Waals surface area contributed by atoms with Gasteiger partial charge in [0.1, 0.15) is 10.7 Å². The van der Waals surface area contributed by atoms with Crippen LogP contribution in [-0.4, -0.2) is 17.4 Å². The number of nitrogens with zero attached hydrogens (tertiary/aromatic N) is 2. The Hall–Kier alpha value is -1.42. The Kier molecular flexibility index (Phi) is 2.40. The van der Waals surface area contributed by atoms with Gasteiger partial charge in [0, 0.05) is 23.2 Å². The van der Waals surface area contributed by atoms with Crippen molar-refractivity contribution in [3.8, 4) is 0 Å². The van der Waals surface area contributed by atoms with Crippen molar-refractivity contribution in [3.05, 3.63) is 27.8 Å². The zero-order chi connectivity index (χ0) is 12.0. The third kappa shape index (κ3) is 1.55. The largest absolute Gasteiger partial charge is 0.369 e. The van der Waals surface area contributed by atoms with E-state index in [4.69, 9.17) is 0 Å². The molecule has 3 rings (SSSR count). The highest BCUT2D eigenvalue weighted by Crippen LogP contribution is 2.36. The second-order valence-corrected chi connectivity index (χ2v) is 5.36. The Morgan fingerprint density at radius 2 is 2.24 bits per heavy atom. The van der Waals surface area contributed by atoms with Crippen molar-refractivity contribution in [1.29, 1.82) is 0 Å². The van der Waals surface area contributed by atoms with Crippen molar-refractivity contribution in [1.82, 2.24) is 10.3 Å². The van der Waals surface area contributed by atoms with E-state index in [1.54, 1.807) is 11.3 Å². The van der Waals surface area contributed by atoms with Crippen LogP contribution in [0.25, 0.3) is 10.2 Å². The van der Waals surface area contributed by atoms with Gasteiger partial charge in [0.05, 0.1) is 11.4 Å². The summed E-state index contributed by atoms with van der Waals surface area (Å²) in [6.45, 7) is 8.02. The van der Waals surface area contributed by atoms with E-state index in [1.165, 1.54) is 21.4 Å². The van der Waals surface area contributed by atoms with Crippen LogP contribution in [0.15, 0.2) is 11.1 Å². The van der Waals surface area contributed by atoms with Crippen LogP contribution in [-0.2, 0) is 6.54 Å². The lowest BCUT2D eigenvalue weighted by molar-refractivity contribution is 0.961. The molecule has 1 aliphatic heterocycles. The fourth-order valence-corrected chi connectivity index (χ4v) is 3.68. The lowest BCUT2D eigenvalue weighted by atomic mass is 10.1. The van der Waals surface area contributed by atoms with Gasteiger partial charge in [-0.1, -0.05) is 0 Å². The molecule has 0 bridgehead atoms. The maximum absolute atomic E-state index is 4.63. The van der Waals surface area contributed by atoms with Crippen molar-refractivity contribution in [3.63, 3.8) is 0 Å². The number of fused-ring (bicyclic) bond motifs is 3. The fourth-order valence-electron chi connectivity index (χ4n) is 2.39. The van der Waals surface area contributed by atoms with Gasteiger partial charge in [0.2, 0.25) is 0 Å². The molecule has 3 nitrogen and oxygen atoms in total. The topological polar surface area (TPSA) is 37.3 Å². The summed E-state index contributed by atoms with van der Waals surface area (Å²) in [5.74, 6) is 1.04. The van der Waals surface area contributed by atoms with Crippen molar-refractivity contribution >= 4 is 27.4 Å². The van der Waals surface area contributed by atoms with Gasteiger partial charge in [-0.15, -0.1) is 11.3 Å². The number of aliphatic imine (C=N–C) groups is 1. The second-order valence-electron chi connectivity index (χ2n) is 4.37. The molecule has 2 aromatic heterocycles. The van der Waals surface area contributed by atoms with E-state index in [0.29, 0.717) is 0 Å². The first kappa shape index (κ1) is 10.7. The highest BCUT2D eigenvalue weighted by Gasteiger charge is 2.23. The quantitative estimate of drug-likeness (QED) is 0.839. The van der Waals surface area contributed by atoms with Gasteiger partial charge >= 0.3 is 0 Å². The number of aromatic nitrogens is 1. The Labute approximate surface area is 105 Å². The summed E-state index contributed by atoms with van der Waals surface area (Å²) >= 11 is 1.76. The highest BCUT2D eigenvalue weighted by molar-refractivity contribution is 7.20. The third-order valence-corrected chi connectivity index (χ3v) is 4.17. The molecular formula is C13H15N3S. The van der Waals surface area contributed by atoms with Crippen LogP contribution < -0.4 is 5.32 Å². The lowest BCUT2D eigenvalue weighted by Crippen LogP contribution is -2.21. The summed E-state index contributed by atoms with van der Waals surface area (Å²) < 4.78 is 0. The summed E-state index contributed by atoms with van der Waals surface area (Å²) in [7, 11) is 0. The molecule has 1 aliphatic rings. The van der Waals surface area contributed by atoms with Crippen LogP contribution in [0.4, 0.5) is 0 Å². The molecule has 0 spiro atoms. The van der Waals surface area contributed by atoms with Gasteiger partial charge in [0.25, 0.3) is 0 Å². The standard InChI is InChI=1S/C13H15N3S/c1-4-14-12-11-9(6-15-12)10-7(2)5-8(3)16-13(10)17-11/h5H,4,6H2,1-3H3,(H,14,15). The molecule has 0 atom stereocenters. The van der Waals surface area contributed by atoms with Crippen molar-refractivity contribution in [2.24, 2.45) is 4.99 Å². The number of amidine groups is 1. The summed E-state index contributed by atoms with van der Waals surface area (Å²) in [6, 6.07) is 2.15. The third-order valence-electron chi connectivity index (χ3n) is 3.04. The molecule has 0 unspecified atom stereocenters. The van der Waals surface area contributed by atoms with E-state index < -0.39 is 0 Å². The minimum absolute atomic E-state index is 0.795. The van der Waals surface area contributed by atoms with E-state index >= 15 is 0 Å². The first-order chi connectivity index (χ1) is 8.20. The Morgan fingerprint density at radius 1 is 1.41 bits per heavy atom. The molecule has 0 saturated heterocycles. The minimum atomic E-state index is 0.795. The monoisotopic (exact) mass is 245 g/mol. The minimum Gasteiger partial charge on any atom is -0.369 e. The first-order valence-electron chi connectivity index (χ1n) is 5.89. The first-order valence-corrected chi connectivity index (χ1v) is 6.70. The normalized spacial score (nSPS) is 13.9. The molecule has 0 amide bonds. The number of aryl methyl sites for hydroxylation is 2. The summed E-state index contributed by atoms with van der Waals surface area (Å²) in [6.07, 6.45) is 0. The van der Waals surface area contributed by atoms with Gasteiger partial charge in [-0.25, -0.2) is 4.98 Å². The van der Waals surface area contributed by atoms with E-state index in [9.17, 15) is 0 Å². The van der Waals surface area contributed by atoms with Crippen LogP contribution in [0, 0.1) is 13.8 Å². The average molecular weight is 245 g/mol. The maximum Gasteiger partial charge on any atom is 0.139 e. The zero-order valence-corrected chi connectivity index (χ0v) is 11.1. The summed E-state index contributed by atoms with van der Waals surface area (Å²) in [5.41, 5.74) is 3.76. The van der Waals surface area contributed by atoms with Gasteiger partial charge in [-0.3, -0.25) is 4.99 Å². The van der Waals surface area contributed by atoms with Crippen LogP contribution in [0.1, 0.15) is 28.6 Å². The molecule has 17 heavy (non-hydrogen) atoms. The summed E-state index contributed by atoms with van der Waals surface area (Å²) in [4.78, 5) is 11.6. The van der Waals surface area contributed by atoms with Crippen LogP contribution in [0.3, 0.4) is 0 Å². The molecule has 0 radical (unpaired) electrons. The average Bonchev–Trinajstić information content (AvgIpc) is 2.78. The van der Waals surface area contributed by atoms with Crippen molar-refractivity contribution in [2.45, 2.75) is 27.3 Å². The molecule has 1 N–H and O–H groups in total. The van der Waals surface area contributed by atoms with Crippen molar-refractivity contribution in [2.75, 3.05) is 6.54 Å². The Morgan fingerprint density at radius 3 is 3.00 bits per heavy atom. The number of nitrogens with one attached hydrogen (secondary N) is 1. The highest BCUT2D eigenvalue weighted by atomic mass is 32.1. The maximum atomic E-state index is 4.63. The summed E-state index contributed by atoms with van der Waals surface area (Å²) in [5, 5.41) is 4.64. The lowest BCUT2D eigenvalue weighted by Gasteiger charge is -1.99. The van der Waals surface area contributed by atoms with E-state index in [0.717, 1.165) is 29.4 Å². The molecule has 88 valence electrons. The molecule has 3 heterocycles. The smallest absolute Gasteiger partial charge is 0.139 e. The zero-order valence-electron chi connectivity index (χ0n) is 10.3. The van der Waals surface area contributed by atoms with Gasteiger partial charge < -0.3 is 5.32 Å². The van der Waals surface area contributed by atoms with Gasteiger partial charge in [-0.05, 0) is 32.4 Å². The Bertz CT molecular complexity index is 625. The number of hydrogen-bond acceptors (Lipinski definition) is 4. The van der Waals surface area contributed by atoms with Crippen molar-refractivity contribution < 1.29 is 0 Å². The van der Waals surface area contributed by atoms with E-state index in [1.807, 2.05) is 0 Å². The second kappa shape index (κ2) is 3.81. The molecule has 4 heteroatoms. The number of thiophene rings is 1. The molecule has 0 saturated carbocycles. The Balaban J connectivity index is 2.23. The van der Waals surface area contributed by atoms with Crippen LogP contribution in [0.5, 0.6) is 0 Å². The fraction of sp³-hybridized carbons (Fsp3) is 0.385. The van der Waals surface area contributed by atoms with Gasteiger partial charge in [0.15, 0.2) is 0 Å².